The van der Waals surface area contributed by atoms with Crippen LogP contribution in [0.25, 0.3) is 0 Å². The molecular formula is C14H14ClN3S. The smallest absolute Gasteiger partial charge is 0.171 e. The Bertz CT molecular complexity index is 572. The van der Waals surface area contributed by atoms with Gasteiger partial charge in [0.05, 0.1) is 0 Å². The van der Waals surface area contributed by atoms with Gasteiger partial charge in [-0.1, -0.05) is 17.7 Å². The predicted octanol–water partition coefficient (Wildman–Crippen LogP) is 3.53. The zero-order valence-corrected chi connectivity index (χ0v) is 12.1. The van der Waals surface area contributed by atoms with Crippen LogP contribution in [0.1, 0.15) is 11.1 Å². The average Bonchev–Trinajstić information content (AvgIpc) is 2.42. The molecule has 1 aromatic carbocycles. The highest BCUT2D eigenvalue weighted by Gasteiger charge is 2.00. The summed E-state index contributed by atoms with van der Waals surface area (Å²) in [7, 11) is 0. The van der Waals surface area contributed by atoms with E-state index >= 15 is 0 Å². The van der Waals surface area contributed by atoms with E-state index in [2.05, 4.69) is 15.6 Å². The SMILES string of the molecule is Cc1ccc(NC(=S)NCc2ccncc2)cc1Cl. The summed E-state index contributed by atoms with van der Waals surface area (Å²) in [4.78, 5) is 3.97. The lowest BCUT2D eigenvalue weighted by atomic mass is 10.2. The van der Waals surface area contributed by atoms with Gasteiger partial charge in [0.1, 0.15) is 0 Å². The van der Waals surface area contributed by atoms with Crippen LogP contribution in [-0.4, -0.2) is 10.1 Å². The molecule has 0 amide bonds. The number of halogens is 1. The molecule has 2 rings (SSSR count). The Morgan fingerprint density at radius 2 is 2.00 bits per heavy atom. The maximum Gasteiger partial charge on any atom is 0.171 e. The Morgan fingerprint density at radius 1 is 1.26 bits per heavy atom. The molecule has 2 aromatic rings. The van der Waals surface area contributed by atoms with E-state index in [-0.39, 0.29) is 0 Å². The van der Waals surface area contributed by atoms with Crippen LogP contribution in [0.3, 0.4) is 0 Å². The molecule has 0 bridgehead atoms. The number of rotatable bonds is 3. The van der Waals surface area contributed by atoms with Crippen molar-refractivity contribution in [3.8, 4) is 0 Å². The lowest BCUT2D eigenvalue weighted by molar-refractivity contribution is 0.921. The van der Waals surface area contributed by atoms with E-state index in [0.29, 0.717) is 11.7 Å². The molecule has 5 heteroatoms. The summed E-state index contributed by atoms with van der Waals surface area (Å²) in [6, 6.07) is 9.64. The van der Waals surface area contributed by atoms with E-state index in [1.165, 1.54) is 0 Å². The monoisotopic (exact) mass is 291 g/mol. The van der Waals surface area contributed by atoms with Crippen LogP contribution in [0.15, 0.2) is 42.7 Å². The third kappa shape index (κ3) is 4.19. The molecule has 3 nitrogen and oxygen atoms in total. The first-order valence-electron chi connectivity index (χ1n) is 5.85. The predicted molar refractivity (Wildman–Crippen MR) is 83.5 cm³/mol. The molecule has 98 valence electrons. The van der Waals surface area contributed by atoms with Crippen LogP contribution >= 0.6 is 23.8 Å². The minimum Gasteiger partial charge on any atom is -0.358 e. The molecule has 1 heterocycles. The lowest BCUT2D eigenvalue weighted by Crippen LogP contribution is -2.27. The van der Waals surface area contributed by atoms with Crippen molar-refractivity contribution in [1.29, 1.82) is 0 Å². The summed E-state index contributed by atoms with van der Waals surface area (Å²) in [5.41, 5.74) is 3.05. The van der Waals surface area contributed by atoms with Crippen LogP contribution < -0.4 is 10.6 Å². The summed E-state index contributed by atoms with van der Waals surface area (Å²) in [5.74, 6) is 0. The first-order chi connectivity index (χ1) is 9.15. The van der Waals surface area contributed by atoms with Gasteiger partial charge >= 0.3 is 0 Å². The topological polar surface area (TPSA) is 37.0 Å². The van der Waals surface area contributed by atoms with Crippen LogP contribution in [0, 0.1) is 6.92 Å². The summed E-state index contributed by atoms with van der Waals surface area (Å²) in [6.07, 6.45) is 3.51. The first-order valence-corrected chi connectivity index (χ1v) is 6.63. The number of nitrogens with one attached hydrogen (secondary N) is 2. The van der Waals surface area contributed by atoms with Crippen molar-refractivity contribution >= 4 is 34.6 Å². The van der Waals surface area contributed by atoms with E-state index < -0.39 is 0 Å². The van der Waals surface area contributed by atoms with E-state index in [1.807, 2.05) is 37.3 Å². The Morgan fingerprint density at radius 3 is 2.68 bits per heavy atom. The largest absolute Gasteiger partial charge is 0.358 e. The highest BCUT2D eigenvalue weighted by Crippen LogP contribution is 2.19. The zero-order chi connectivity index (χ0) is 13.7. The molecule has 0 saturated carbocycles. The number of aromatic nitrogens is 1. The standard InChI is InChI=1S/C14H14ClN3S/c1-10-2-3-12(8-13(10)15)18-14(19)17-9-11-4-6-16-7-5-11/h2-8H,9H2,1H3,(H2,17,18,19). The summed E-state index contributed by atoms with van der Waals surface area (Å²) >= 11 is 11.3. The molecule has 1 aromatic heterocycles. The molecule has 0 saturated heterocycles. The van der Waals surface area contributed by atoms with Gasteiger partial charge in [-0.15, -0.1) is 0 Å². The van der Waals surface area contributed by atoms with Crippen molar-refractivity contribution in [3.63, 3.8) is 0 Å². The molecule has 0 spiro atoms. The molecule has 0 radical (unpaired) electrons. The Labute approximate surface area is 123 Å². The highest BCUT2D eigenvalue weighted by atomic mass is 35.5. The van der Waals surface area contributed by atoms with E-state index in [4.69, 9.17) is 23.8 Å². The van der Waals surface area contributed by atoms with E-state index in [0.717, 1.165) is 21.8 Å². The second-order valence-electron chi connectivity index (χ2n) is 4.13. The second kappa shape index (κ2) is 6.50. The zero-order valence-electron chi connectivity index (χ0n) is 10.5. The molecule has 0 aliphatic carbocycles. The van der Waals surface area contributed by atoms with Crippen LogP contribution in [0.2, 0.25) is 5.02 Å². The number of aryl methyl sites for hydroxylation is 1. The first kappa shape index (κ1) is 13.8. The van der Waals surface area contributed by atoms with Gasteiger partial charge in [-0.05, 0) is 54.5 Å². The number of pyridine rings is 1. The molecule has 2 N–H and O–H groups in total. The Hall–Kier alpha value is -1.65. The summed E-state index contributed by atoms with van der Waals surface area (Å²) in [6.45, 7) is 2.63. The van der Waals surface area contributed by atoms with Crippen molar-refractivity contribution in [2.75, 3.05) is 5.32 Å². The van der Waals surface area contributed by atoms with Gasteiger partial charge < -0.3 is 10.6 Å². The maximum absolute atomic E-state index is 6.06. The van der Waals surface area contributed by atoms with Crippen LogP contribution in [0.5, 0.6) is 0 Å². The van der Waals surface area contributed by atoms with Gasteiger partial charge in [0, 0.05) is 29.6 Å². The Kier molecular flexibility index (Phi) is 4.71. The van der Waals surface area contributed by atoms with E-state index in [1.54, 1.807) is 12.4 Å². The number of anilines is 1. The number of benzene rings is 1. The van der Waals surface area contributed by atoms with Crippen molar-refractivity contribution in [3.05, 3.63) is 58.9 Å². The molecule has 0 aliphatic heterocycles. The van der Waals surface area contributed by atoms with Crippen LogP contribution in [-0.2, 0) is 6.54 Å². The second-order valence-corrected chi connectivity index (χ2v) is 4.94. The molecule has 0 aliphatic rings. The van der Waals surface area contributed by atoms with Gasteiger partial charge in [0.2, 0.25) is 0 Å². The number of nitrogens with zero attached hydrogens (tertiary/aromatic N) is 1. The Balaban J connectivity index is 1.89. The van der Waals surface area contributed by atoms with Gasteiger partial charge in [0.15, 0.2) is 5.11 Å². The van der Waals surface area contributed by atoms with Crippen molar-refractivity contribution in [2.24, 2.45) is 0 Å². The average molecular weight is 292 g/mol. The fraction of sp³-hybridized carbons (Fsp3) is 0.143. The molecule has 0 fully saturated rings. The number of hydrogen-bond acceptors (Lipinski definition) is 2. The molecule has 0 unspecified atom stereocenters. The summed E-state index contributed by atoms with van der Waals surface area (Å²) in [5, 5.41) is 7.52. The highest BCUT2D eigenvalue weighted by molar-refractivity contribution is 7.80. The fourth-order valence-electron chi connectivity index (χ4n) is 1.53. The van der Waals surface area contributed by atoms with Crippen LogP contribution in [0.4, 0.5) is 5.69 Å². The van der Waals surface area contributed by atoms with Gasteiger partial charge in [-0.25, -0.2) is 0 Å². The molecule has 0 atom stereocenters. The fourth-order valence-corrected chi connectivity index (χ4v) is 1.90. The van der Waals surface area contributed by atoms with E-state index in [9.17, 15) is 0 Å². The maximum atomic E-state index is 6.06. The third-order valence-electron chi connectivity index (χ3n) is 2.63. The number of hydrogen-bond donors (Lipinski definition) is 2. The number of thiocarbonyl (C=S) groups is 1. The summed E-state index contributed by atoms with van der Waals surface area (Å²) < 4.78 is 0. The molecular weight excluding hydrogens is 278 g/mol. The molecule has 19 heavy (non-hydrogen) atoms. The minimum absolute atomic E-state index is 0.566. The van der Waals surface area contributed by atoms with Crippen molar-refractivity contribution < 1.29 is 0 Å². The normalized spacial score (nSPS) is 10.0. The van der Waals surface area contributed by atoms with Gasteiger partial charge in [0.25, 0.3) is 0 Å². The lowest BCUT2D eigenvalue weighted by Gasteiger charge is -2.11. The van der Waals surface area contributed by atoms with Crippen molar-refractivity contribution in [2.45, 2.75) is 13.5 Å². The quantitative estimate of drug-likeness (QED) is 0.848. The van der Waals surface area contributed by atoms with Gasteiger partial charge in [-0.3, -0.25) is 4.98 Å². The van der Waals surface area contributed by atoms with Crippen molar-refractivity contribution in [1.82, 2.24) is 10.3 Å². The third-order valence-corrected chi connectivity index (χ3v) is 3.29. The van der Waals surface area contributed by atoms with Gasteiger partial charge in [-0.2, -0.15) is 0 Å². The minimum atomic E-state index is 0.566.